The van der Waals surface area contributed by atoms with Gasteiger partial charge in [-0.05, 0) is 62.1 Å². The molecule has 0 aromatic rings. The highest BCUT2D eigenvalue weighted by molar-refractivity contribution is 7.99. The predicted octanol–water partition coefficient (Wildman–Crippen LogP) is 2.13. The summed E-state index contributed by atoms with van der Waals surface area (Å²) in [5.41, 5.74) is 0. The summed E-state index contributed by atoms with van der Waals surface area (Å²) in [7, 11) is 0. The molecule has 0 spiro atoms. The van der Waals surface area contributed by atoms with Gasteiger partial charge < -0.3 is 5.32 Å². The molecule has 0 atom stereocenters. The first-order chi connectivity index (χ1) is 5.95. The molecular weight excluding hydrogens is 166 g/mol. The van der Waals surface area contributed by atoms with Crippen molar-refractivity contribution in [1.29, 1.82) is 0 Å². The number of hydrogen-bond donors (Lipinski definition) is 1. The third kappa shape index (κ3) is 2.98. The van der Waals surface area contributed by atoms with Crippen LogP contribution in [0.4, 0.5) is 0 Å². The van der Waals surface area contributed by atoms with Crippen LogP contribution in [0.15, 0.2) is 0 Å². The molecule has 12 heavy (non-hydrogen) atoms. The first-order valence-electron chi connectivity index (χ1n) is 5.23. The fourth-order valence-corrected chi connectivity index (χ4v) is 2.97. The van der Waals surface area contributed by atoms with Crippen LogP contribution in [-0.2, 0) is 0 Å². The van der Waals surface area contributed by atoms with E-state index in [4.69, 9.17) is 0 Å². The monoisotopic (exact) mass is 185 g/mol. The Bertz CT molecular complexity index is 128. The van der Waals surface area contributed by atoms with Crippen LogP contribution in [0.2, 0.25) is 0 Å². The van der Waals surface area contributed by atoms with Crippen LogP contribution in [0.1, 0.15) is 25.7 Å². The van der Waals surface area contributed by atoms with Crippen molar-refractivity contribution in [2.24, 2.45) is 11.8 Å². The molecule has 1 saturated carbocycles. The topological polar surface area (TPSA) is 12.0 Å². The Hall–Kier alpha value is 0.310. The number of nitrogens with one attached hydrogen (secondary N) is 1. The number of hydrogen-bond acceptors (Lipinski definition) is 2. The van der Waals surface area contributed by atoms with Gasteiger partial charge in [0.1, 0.15) is 0 Å². The summed E-state index contributed by atoms with van der Waals surface area (Å²) in [5.74, 6) is 4.83. The molecule has 0 aromatic heterocycles. The minimum absolute atomic E-state index is 0.991. The van der Waals surface area contributed by atoms with E-state index in [2.05, 4.69) is 17.1 Å². The first-order valence-corrected chi connectivity index (χ1v) is 6.39. The largest absolute Gasteiger partial charge is 0.316 e. The van der Waals surface area contributed by atoms with Gasteiger partial charge in [0.2, 0.25) is 0 Å². The van der Waals surface area contributed by atoms with E-state index in [1.54, 1.807) is 0 Å². The molecule has 0 unspecified atom stereocenters. The van der Waals surface area contributed by atoms with Crippen molar-refractivity contribution in [3.8, 4) is 0 Å². The van der Waals surface area contributed by atoms with Crippen molar-refractivity contribution >= 4 is 11.8 Å². The molecule has 0 bridgehead atoms. The summed E-state index contributed by atoms with van der Waals surface area (Å²) >= 11 is 2.12. The van der Waals surface area contributed by atoms with E-state index < -0.39 is 0 Å². The maximum Gasteiger partial charge on any atom is -0.00198 e. The normalized spacial score (nSPS) is 26.0. The highest BCUT2D eigenvalue weighted by Crippen LogP contribution is 2.28. The highest BCUT2D eigenvalue weighted by atomic mass is 32.2. The quantitative estimate of drug-likeness (QED) is 0.720. The van der Waals surface area contributed by atoms with Crippen molar-refractivity contribution in [3.05, 3.63) is 0 Å². The van der Waals surface area contributed by atoms with E-state index in [-0.39, 0.29) is 0 Å². The Morgan fingerprint density at radius 1 is 0.917 bits per heavy atom. The van der Waals surface area contributed by atoms with E-state index in [0.717, 1.165) is 11.8 Å². The Morgan fingerprint density at radius 2 is 1.50 bits per heavy atom. The molecule has 0 aromatic carbocycles. The van der Waals surface area contributed by atoms with Gasteiger partial charge in [-0.15, -0.1) is 0 Å². The molecule has 2 aliphatic rings. The SMILES string of the molecule is C1CC(CNCC2CC2)CCS1. The van der Waals surface area contributed by atoms with Gasteiger partial charge in [-0.1, -0.05) is 0 Å². The van der Waals surface area contributed by atoms with E-state index in [1.807, 2.05) is 0 Å². The lowest BCUT2D eigenvalue weighted by molar-refractivity contribution is 0.443. The summed E-state index contributed by atoms with van der Waals surface area (Å²) in [5, 5.41) is 3.61. The van der Waals surface area contributed by atoms with E-state index >= 15 is 0 Å². The molecule has 1 aliphatic heterocycles. The van der Waals surface area contributed by atoms with E-state index in [1.165, 1.54) is 50.3 Å². The van der Waals surface area contributed by atoms with Crippen LogP contribution in [0.5, 0.6) is 0 Å². The van der Waals surface area contributed by atoms with Crippen molar-refractivity contribution in [2.45, 2.75) is 25.7 Å². The molecule has 1 heterocycles. The molecule has 2 rings (SSSR count). The summed E-state index contributed by atoms with van der Waals surface area (Å²) in [4.78, 5) is 0. The van der Waals surface area contributed by atoms with Crippen molar-refractivity contribution in [1.82, 2.24) is 5.32 Å². The third-order valence-electron chi connectivity index (χ3n) is 2.90. The summed E-state index contributed by atoms with van der Waals surface area (Å²) in [6.07, 6.45) is 5.85. The Morgan fingerprint density at radius 3 is 2.08 bits per heavy atom. The smallest absolute Gasteiger partial charge is 0.00198 e. The first kappa shape index (κ1) is 8.89. The van der Waals surface area contributed by atoms with Crippen LogP contribution < -0.4 is 5.32 Å². The van der Waals surface area contributed by atoms with E-state index in [0.29, 0.717) is 0 Å². The molecule has 2 heteroatoms. The molecule has 1 N–H and O–H groups in total. The van der Waals surface area contributed by atoms with Gasteiger partial charge in [-0.3, -0.25) is 0 Å². The van der Waals surface area contributed by atoms with Crippen molar-refractivity contribution < 1.29 is 0 Å². The van der Waals surface area contributed by atoms with E-state index in [9.17, 15) is 0 Å². The fourth-order valence-electron chi connectivity index (χ4n) is 1.76. The lowest BCUT2D eigenvalue weighted by Crippen LogP contribution is -2.27. The Kier molecular flexibility index (Phi) is 3.35. The van der Waals surface area contributed by atoms with Gasteiger partial charge in [-0.2, -0.15) is 11.8 Å². The predicted molar refractivity (Wildman–Crippen MR) is 55.6 cm³/mol. The molecule has 0 radical (unpaired) electrons. The zero-order valence-corrected chi connectivity index (χ0v) is 8.54. The second-order valence-corrected chi connectivity index (χ2v) is 5.38. The second kappa shape index (κ2) is 4.52. The van der Waals surface area contributed by atoms with Crippen LogP contribution in [0.3, 0.4) is 0 Å². The molecular formula is C10H19NS. The fraction of sp³-hybridized carbons (Fsp3) is 1.00. The van der Waals surface area contributed by atoms with Gasteiger partial charge in [0, 0.05) is 0 Å². The van der Waals surface area contributed by atoms with Gasteiger partial charge in [-0.25, -0.2) is 0 Å². The lowest BCUT2D eigenvalue weighted by atomic mass is 10.0. The highest BCUT2D eigenvalue weighted by Gasteiger charge is 2.21. The maximum absolute atomic E-state index is 3.61. The third-order valence-corrected chi connectivity index (χ3v) is 3.95. The summed E-state index contributed by atoms with van der Waals surface area (Å²) in [6, 6.07) is 0. The van der Waals surface area contributed by atoms with Crippen molar-refractivity contribution in [2.75, 3.05) is 24.6 Å². The van der Waals surface area contributed by atoms with Crippen LogP contribution in [0.25, 0.3) is 0 Å². The number of rotatable bonds is 4. The summed E-state index contributed by atoms with van der Waals surface area (Å²) < 4.78 is 0. The minimum Gasteiger partial charge on any atom is -0.316 e. The lowest BCUT2D eigenvalue weighted by Gasteiger charge is -2.21. The van der Waals surface area contributed by atoms with Crippen LogP contribution >= 0.6 is 11.8 Å². The molecule has 0 amide bonds. The zero-order chi connectivity index (χ0) is 8.23. The standard InChI is InChI=1S/C10H19NS/c1-2-9(1)7-11-8-10-3-5-12-6-4-10/h9-11H,1-8H2. The summed E-state index contributed by atoms with van der Waals surface area (Å²) in [6.45, 7) is 2.58. The molecule has 70 valence electrons. The zero-order valence-electron chi connectivity index (χ0n) is 7.72. The number of thioether (sulfide) groups is 1. The molecule has 1 nitrogen and oxygen atoms in total. The van der Waals surface area contributed by atoms with Crippen LogP contribution in [0, 0.1) is 11.8 Å². The Balaban J connectivity index is 1.52. The van der Waals surface area contributed by atoms with Gasteiger partial charge in [0.25, 0.3) is 0 Å². The molecule has 2 fully saturated rings. The minimum atomic E-state index is 0.991. The maximum atomic E-state index is 3.61. The van der Waals surface area contributed by atoms with Gasteiger partial charge >= 0.3 is 0 Å². The average Bonchev–Trinajstić information content (AvgIpc) is 2.90. The molecule has 1 aliphatic carbocycles. The van der Waals surface area contributed by atoms with Crippen molar-refractivity contribution in [3.63, 3.8) is 0 Å². The Labute approximate surface area is 79.7 Å². The average molecular weight is 185 g/mol. The molecule has 1 saturated heterocycles. The van der Waals surface area contributed by atoms with Crippen LogP contribution in [-0.4, -0.2) is 24.6 Å². The van der Waals surface area contributed by atoms with Gasteiger partial charge in [0.15, 0.2) is 0 Å². The van der Waals surface area contributed by atoms with Gasteiger partial charge in [0.05, 0.1) is 0 Å². The second-order valence-electron chi connectivity index (χ2n) is 4.16.